The van der Waals surface area contributed by atoms with Crippen molar-refractivity contribution in [3.8, 4) is 22.9 Å². The number of nitrogens with zero attached hydrogens (tertiary/aromatic N) is 2. The van der Waals surface area contributed by atoms with Crippen LogP contribution < -0.4 is 11.2 Å². The summed E-state index contributed by atoms with van der Waals surface area (Å²) in [6.07, 6.45) is 0. The summed E-state index contributed by atoms with van der Waals surface area (Å²) < 4.78 is 16.1. The second kappa shape index (κ2) is 7.08. The van der Waals surface area contributed by atoms with Crippen molar-refractivity contribution in [3.05, 3.63) is 111 Å². The van der Waals surface area contributed by atoms with Crippen LogP contribution in [0.1, 0.15) is 5.56 Å². The number of H-pyrrole nitrogens is 1. The standard InChI is InChI=1S/C25H14FN3O2/c26-21-12-20-22(13-19(21)17-9-3-2-7-16(17)14-27)28-25(31)29(24(20)30)23-11-5-8-15-6-1-4-10-18(15)23/h1-13H,(H,28,31). The van der Waals surface area contributed by atoms with E-state index >= 15 is 4.39 Å². The highest BCUT2D eigenvalue weighted by atomic mass is 19.1. The molecule has 0 radical (unpaired) electrons. The number of hydrogen-bond acceptors (Lipinski definition) is 3. The summed E-state index contributed by atoms with van der Waals surface area (Å²) in [4.78, 5) is 28.9. The van der Waals surface area contributed by atoms with Crippen LogP contribution in [0.4, 0.5) is 4.39 Å². The van der Waals surface area contributed by atoms with Gasteiger partial charge in [0.05, 0.1) is 28.2 Å². The molecule has 31 heavy (non-hydrogen) atoms. The van der Waals surface area contributed by atoms with Crippen LogP contribution in [-0.2, 0) is 0 Å². The van der Waals surface area contributed by atoms with Gasteiger partial charge in [-0.2, -0.15) is 5.26 Å². The van der Waals surface area contributed by atoms with Crippen LogP contribution in [0.15, 0.2) is 88.5 Å². The summed E-state index contributed by atoms with van der Waals surface area (Å²) in [6, 6.07) is 23.9. The maximum Gasteiger partial charge on any atom is 0.333 e. The number of halogens is 1. The molecule has 0 unspecified atom stereocenters. The third kappa shape index (κ3) is 2.92. The molecule has 5 aromatic rings. The molecule has 0 fully saturated rings. The predicted octanol–water partition coefficient (Wildman–Crippen LogP) is 4.51. The van der Waals surface area contributed by atoms with Gasteiger partial charge in [-0.05, 0) is 29.7 Å². The molecule has 0 spiro atoms. The van der Waals surface area contributed by atoms with Gasteiger partial charge in [0.15, 0.2) is 0 Å². The van der Waals surface area contributed by atoms with E-state index in [4.69, 9.17) is 0 Å². The van der Waals surface area contributed by atoms with E-state index in [1.165, 1.54) is 6.07 Å². The zero-order valence-electron chi connectivity index (χ0n) is 16.1. The number of aromatic amines is 1. The second-order valence-electron chi connectivity index (χ2n) is 7.10. The Labute approximate surface area is 175 Å². The highest BCUT2D eigenvalue weighted by Gasteiger charge is 2.16. The lowest BCUT2D eigenvalue weighted by Gasteiger charge is -2.11. The normalized spacial score (nSPS) is 11.0. The molecule has 1 aromatic heterocycles. The first-order chi connectivity index (χ1) is 15.1. The van der Waals surface area contributed by atoms with Gasteiger partial charge < -0.3 is 4.98 Å². The number of rotatable bonds is 2. The summed E-state index contributed by atoms with van der Waals surface area (Å²) in [7, 11) is 0. The first kappa shape index (κ1) is 18.5. The van der Waals surface area contributed by atoms with Crippen LogP contribution in [0.25, 0.3) is 38.5 Å². The monoisotopic (exact) mass is 407 g/mol. The van der Waals surface area contributed by atoms with Crippen LogP contribution in [0.5, 0.6) is 0 Å². The van der Waals surface area contributed by atoms with Gasteiger partial charge in [-0.15, -0.1) is 0 Å². The topological polar surface area (TPSA) is 78.7 Å². The minimum atomic E-state index is -0.649. The van der Waals surface area contributed by atoms with E-state index in [1.807, 2.05) is 36.4 Å². The quantitative estimate of drug-likeness (QED) is 0.468. The molecule has 6 heteroatoms. The lowest BCUT2D eigenvalue weighted by atomic mass is 9.98. The fourth-order valence-electron chi connectivity index (χ4n) is 3.88. The zero-order valence-corrected chi connectivity index (χ0v) is 16.1. The van der Waals surface area contributed by atoms with Crippen molar-refractivity contribution >= 4 is 21.7 Å². The third-order valence-corrected chi connectivity index (χ3v) is 5.33. The molecular weight excluding hydrogens is 393 g/mol. The van der Waals surface area contributed by atoms with Crippen molar-refractivity contribution in [2.75, 3.05) is 0 Å². The van der Waals surface area contributed by atoms with Crippen LogP contribution >= 0.6 is 0 Å². The zero-order chi connectivity index (χ0) is 21.5. The second-order valence-corrected chi connectivity index (χ2v) is 7.10. The van der Waals surface area contributed by atoms with Gasteiger partial charge in [-0.1, -0.05) is 54.6 Å². The van der Waals surface area contributed by atoms with Gasteiger partial charge in [0, 0.05) is 16.5 Å². The fourth-order valence-corrected chi connectivity index (χ4v) is 3.88. The lowest BCUT2D eigenvalue weighted by molar-refractivity contribution is 0.632. The van der Waals surface area contributed by atoms with Crippen molar-refractivity contribution in [3.63, 3.8) is 0 Å². The van der Waals surface area contributed by atoms with Crippen LogP contribution in [0.3, 0.4) is 0 Å². The molecule has 1 heterocycles. The Morgan fingerprint density at radius 1 is 0.839 bits per heavy atom. The first-order valence-electron chi connectivity index (χ1n) is 9.55. The molecule has 5 rings (SSSR count). The Bertz CT molecular complexity index is 1650. The van der Waals surface area contributed by atoms with Crippen LogP contribution in [0, 0.1) is 17.1 Å². The number of fused-ring (bicyclic) bond motifs is 2. The number of aromatic nitrogens is 2. The van der Waals surface area contributed by atoms with Gasteiger partial charge in [-0.25, -0.2) is 13.8 Å². The average Bonchev–Trinajstić information content (AvgIpc) is 2.79. The number of nitrogens with one attached hydrogen (secondary N) is 1. The van der Waals surface area contributed by atoms with Crippen molar-refractivity contribution < 1.29 is 4.39 Å². The summed E-state index contributed by atoms with van der Waals surface area (Å²) in [5.41, 5.74) is 0.216. The fraction of sp³-hybridized carbons (Fsp3) is 0. The number of hydrogen-bond donors (Lipinski definition) is 1. The molecule has 4 aromatic carbocycles. The van der Waals surface area contributed by atoms with E-state index in [2.05, 4.69) is 4.98 Å². The molecule has 0 bridgehead atoms. The van der Waals surface area contributed by atoms with Crippen molar-refractivity contribution in [2.45, 2.75) is 0 Å². The minimum absolute atomic E-state index is 0.0447. The Hall–Kier alpha value is -4.50. The molecule has 148 valence electrons. The van der Waals surface area contributed by atoms with Gasteiger partial charge in [0.1, 0.15) is 5.82 Å². The van der Waals surface area contributed by atoms with Gasteiger partial charge in [0.25, 0.3) is 5.56 Å². The molecule has 0 aliphatic rings. The lowest BCUT2D eigenvalue weighted by Crippen LogP contribution is -2.33. The smallest absolute Gasteiger partial charge is 0.306 e. The van der Waals surface area contributed by atoms with E-state index in [9.17, 15) is 14.9 Å². The Balaban J connectivity index is 1.81. The highest BCUT2D eigenvalue weighted by molar-refractivity contribution is 5.91. The van der Waals surface area contributed by atoms with Gasteiger partial charge in [-0.3, -0.25) is 4.79 Å². The molecular formula is C25H14FN3O2. The number of nitriles is 1. The Kier molecular flexibility index (Phi) is 4.23. The maximum absolute atomic E-state index is 15.0. The van der Waals surface area contributed by atoms with Crippen LogP contribution in [0.2, 0.25) is 0 Å². The van der Waals surface area contributed by atoms with Crippen LogP contribution in [-0.4, -0.2) is 9.55 Å². The largest absolute Gasteiger partial charge is 0.333 e. The van der Waals surface area contributed by atoms with Crippen molar-refractivity contribution in [1.29, 1.82) is 5.26 Å². The molecule has 0 aliphatic heterocycles. The molecule has 1 N–H and O–H groups in total. The SMILES string of the molecule is N#Cc1ccccc1-c1cc2[nH]c(=O)n(-c3cccc4ccccc34)c(=O)c2cc1F. The van der Waals surface area contributed by atoms with E-state index in [-0.39, 0.29) is 16.5 Å². The van der Waals surface area contributed by atoms with E-state index in [0.717, 1.165) is 21.4 Å². The molecule has 0 saturated heterocycles. The van der Waals surface area contributed by atoms with Gasteiger partial charge in [0.2, 0.25) is 0 Å². The molecule has 0 atom stereocenters. The van der Waals surface area contributed by atoms with E-state index in [1.54, 1.807) is 36.4 Å². The maximum atomic E-state index is 15.0. The van der Waals surface area contributed by atoms with Crippen molar-refractivity contribution in [1.82, 2.24) is 9.55 Å². The summed E-state index contributed by atoms with van der Waals surface area (Å²) in [6.45, 7) is 0. The van der Waals surface area contributed by atoms with Gasteiger partial charge >= 0.3 is 5.69 Å². The molecule has 5 nitrogen and oxygen atoms in total. The Morgan fingerprint density at radius 3 is 2.42 bits per heavy atom. The minimum Gasteiger partial charge on any atom is -0.306 e. The van der Waals surface area contributed by atoms with E-state index in [0.29, 0.717) is 16.8 Å². The van der Waals surface area contributed by atoms with Crippen molar-refractivity contribution in [2.24, 2.45) is 0 Å². The summed E-state index contributed by atoms with van der Waals surface area (Å²) in [5, 5.41) is 11.0. The predicted molar refractivity (Wildman–Crippen MR) is 118 cm³/mol. The third-order valence-electron chi connectivity index (χ3n) is 5.33. The Morgan fingerprint density at radius 2 is 1.58 bits per heavy atom. The van der Waals surface area contributed by atoms with E-state index < -0.39 is 17.1 Å². The highest BCUT2D eigenvalue weighted by Crippen LogP contribution is 2.28. The summed E-state index contributed by atoms with van der Waals surface area (Å²) >= 11 is 0. The molecule has 0 amide bonds. The average molecular weight is 407 g/mol. The molecule has 0 aliphatic carbocycles. The summed E-state index contributed by atoms with van der Waals surface area (Å²) in [5.74, 6) is -0.649. The first-order valence-corrected chi connectivity index (χ1v) is 9.55. The number of benzene rings is 4. The molecule has 0 saturated carbocycles.